The van der Waals surface area contributed by atoms with Gasteiger partial charge in [-0.1, -0.05) is 12.1 Å². The summed E-state index contributed by atoms with van der Waals surface area (Å²) in [6.45, 7) is -2.31. The number of hydrogen-bond donors (Lipinski definition) is 2. The molecule has 15 heavy (non-hydrogen) atoms. The molecule has 0 fully saturated rings. The van der Waals surface area contributed by atoms with E-state index in [2.05, 4.69) is 5.73 Å². The van der Waals surface area contributed by atoms with Crippen molar-refractivity contribution in [2.24, 2.45) is 5.73 Å². The minimum atomic E-state index is -3.78. The van der Waals surface area contributed by atoms with E-state index in [9.17, 15) is 18.7 Å². The Morgan fingerprint density at radius 3 is 2.60 bits per heavy atom. The Labute approximate surface area is 89.7 Å². The highest BCUT2D eigenvalue weighted by molar-refractivity contribution is 5.80. The number of primary amides is 1. The van der Waals surface area contributed by atoms with Gasteiger partial charge in [0.25, 0.3) is 5.91 Å². The summed E-state index contributed by atoms with van der Waals surface area (Å²) in [7, 11) is 0. The van der Waals surface area contributed by atoms with E-state index >= 15 is 0 Å². The average molecular weight is 218 g/mol. The molecule has 0 saturated carbocycles. The summed E-state index contributed by atoms with van der Waals surface area (Å²) in [5.74, 6) is -2.53. The number of alkyl halides is 1. The zero-order valence-electron chi connectivity index (χ0n) is 10.6. The molecule has 0 bridgehead atoms. The van der Waals surface area contributed by atoms with Crippen molar-refractivity contribution in [1.29, 1.82) is 0 Å². The van der Waals surface area contributed by atoms with Crippen LogP contribution >= 0.6 is 0 Å². The molecule has 1 aromatic rings. The molecule has 0 aliphatic rings. The van der Waals surface area contributed by atoms with Gasteiger partial charge in [0, 0.05) is 2.74 Å². The Kier molecular flexibility index (Phi) is 2.04. The molecule has 82 valence electrons. The molecule has 5 heteroatoms. The molecule has 0 aromatic heterocycles. The lowest BCUT2D eigenvalue weighted by molar-refractivity contribution is -0.133. The molecule has 2 unspecified atom stereocenters. The first-order valence-electron chi connectivity index (χ1n) is 5.61. The molecule has 0 aliphatic heterocycles. The molecule has 3 N–H and O–H groups in total. The zero-order chi connectivity index (χ0) is 14.1. The second-order valence-corrected chi connectivity index (χ2v) is 2.95. The molecule has 1 rings (SSSR count). The van der Waals surface area contributed by atoms with E-state index in [-0.39, 0.29) is 0 Å². The Morgan fingerprint density at radius 1 is 1.67 bits per heavy atom. The van der Waals surface area contributed by atoms with Crippen molar-refractivity contribution in [3.8, 4) is 0 Å². The van der Waals surface area contributed by atoms with Gasteiger partial charge < -0.3 is 10.8 Å². The molecule has 0 radical (unpaired) electrons. The molecule has 0 aliphatic carbocycles. The summed E-state index contributed by atoms with van der Waals surface area (Å²) < 4.78 is 48.0. The molecule has 2 atom stereocenters. The van der Waals surface area contributed by atoms with Crippen LogP contribution in [0.3, 0.4) is 0 Å². The summed E-state index contributed by atoms with van der Waals surface area (Å²) in [6, 6.07) is 3.47. The number of hydrogen-bond acceptors (Lipinski definition) is 2. The van der Waals surface area contributed by atoms with Crippen LogP contribution in [0.5, 0.6) is 0 Å². The minimum Gasteiger partial charge on any atom is -0.382 e. The van der Waals surface area contributed by atoms with Crippen LogP contribution in [0, 0.1) is 5.82 Å². The number of benzene rings is 1. The van der Waals surface area contributed by atoms with Crippen molar-refractivity contribution in [2.75, 3.05) is 0 Å². The molecule has 0 saturated heterocycles. The van der Waals surface area contributed by atoms with Gasteiger partial charge >= 0.3 is 0 Å². The second kappa shape index (κ2) is 3.94. The summed E-state index contributed by atoms with van der Waals surface area (Å²) in [4.78, 5) is 10.9. The average Bonchev–Trinajstić information content (AvgIpc) is 2.28. The van der Waals surface area contributed by atoms with Gasteiger partial charge in [-0.15, -0.1) is 0 Å². The van der Waals surface area contributed by atoms with Crippen LogP contribution in [0.25, 0.3) is 0 Å². The SMILES string of the molecule is [2H]C([2H])C(O)(c1ccc(F)cc1)C([2H])(F)C(N)=O. The molecule has 1 aromatic carbocycles. The van der Waals surface area contributed by atoms with Crippen LogP contribution in [0.4, 0.5) is 8.78 Å². The van der Waals surface area contributed by atoms with Crippen molar-refractivity contribution < 1.29 is 22.8 Å². The van der Waals surface area contributed by atoms with Gasteiger partial charge in [0.2, 0.25) is 6.15 Å². The maximum absolute atomic E-state index is 13.9. The maximum atomic E-state index is 13.9. The quantitative estimate of drug-likeness (QED) is 0.790. The minimum absolute atomic E-state index is 0.449. The number of halogens is 2. The second-order valence-electron chi connectivity index (χ2n) is 2.95. The Bertz CT molecular complexity index is 453. The van der Waals surface area contributed by atoms with Crippen molar-refractivity contribution in [2.45, 2.75) is 18.6 Å². The fourth-order valence-electron chi connectivity index (χ4n) is 1.02. The Balaban J connectivity index is 3.41. The number of carbonyl (C=O) groups excluding carboxylic acids is 1. The molecule has 0 heterocycles. The highest BCUT2D eigenvalue weighted by atomic mass is 19.1. The van der Waals surface area contributed by atoms with E-state index in [4.69, 9.17) is 4.11 Å². The van der Waals surface area contributed by atoms with E-state index in [1.165, 1.54) is 0 Å². The number of rotatable bonds is 3. The lowest BCUT2D eigenvalue weighted by Gasteiger charge is -2.25. The van der Waals surface area contributed by atoms with Gasteiger partial charge in [-0.3, -0.25) is 4.79 Å². The summed E-state index contributed by atoms with van der Waals surface area (Å²) in [6.07, 6.45) is -3.78. The lowest BCUT2D eigenvalue weighted by Crippen LogP contribution is -2.42. The normalized spacial score (nSPS) is 22.0. The van der Waals surface area contributed by atoms with E-state index in [0.717, 1.165) is 24.3 Å². The largest absolute Gasteiger partial charge is 0.382 e. The lowest BCUT2D eigenvalue weighted by atomic mass is 9.91. The third-order valence-corrected chi connectivity index (χ3v) is 1.84. The van der Waals surface area contributed by atoms with Crippen molar-refractivity contribution >= 4 is 5.91 Å². The third kappa shape index (κ3) is 2.30. The number of aliphatic hydroxyl groups is 1. The van der Waals surface area contributed by atoms with Crippen molar-refractivity contribution in [1.82, 2.24) is 0 Å². The fourth-order valence-corrected chi connectivity index (χ4v) is 1.02. The van der Waals surface area contributed by atoms with Gasteiger partial charge in [-0.05, 0) is 24.6 Å². The predicted molar refractivity (Wildman–Crippen MR) is 50.1 cm³/mol. The van der Waals surface area contributed by atoms with Gasteiger partial charge in [0.1, 0.15) is 11.4 Å². The van der Waals surface area contributed by atoms with Crippen LogP contribution in [-0.2, 0) is 10.4 Å². The van der Waals surface area contributed by atoms with Crippen molar-refractivity contribution in [3.05, 3.63) is 35.6 Å². The summed E-state index contributed by atoms with van der Waals surface area (Å²) >= 11 is 0. The summed E-state index contributed by atoms with van der Waals surface area (Å²) in [5.41, 5.74) is 1.11. The molecular weight excluding hydrogens is 204 g/mol. The van der Waals surface area contributed by atoms with Gasteiger partial charge in [0.15, 0.2) is 0 Å². The predicted octanol–water partition coefficient (Wildman–Crippen LogP) is 0.857. The Hall–Kier alpha value is -1.49. The highest BCUT2D eigenvalue weighted by Crippen LogP contribution is 2.26. The molecule has 3 nitrogen and oxygen atoms in total. The number of carbonyl (C=O) groups is 1. The van der Waals surface area contributed by atoms with Crippen LogP contribution in [0.1, 0.15) is 16.6 Å². The zero-order valence-corrected chi connectivity index (χ0v) is 7.58. The molecule has 0 spiro atoms. The van der Waals surface area contributed by atoms with Crippen LogP contribution < -0.4 is 5.73 Å². The van der Waals surface area contributed by atoms with Crippen LogP contribution in [-0.4, -0.2) is 17.2 Å². The highest BCUT2D eigenvalue weighted by Gasteiger charge is 2.38. The number of amides is 1. The molecular formula is C10H11F2NO2. The maximum Gasteiger partial charge on any atom is 0.255 e. The Morgan fingerprint density at radius 2 is 2.20 bits per heavy atom. The monoisotopic (exact) mass is 218 g/mol. The molecule has 1 amide bonds. The standard InChI is InChI=1S/C10H11F2NO2/c1-10(15,8(12)9(13)14)6-2-4-7(11)5-3-6/h2-5,8,15H,1H3,(H2,13,14)/i1D2,8D. The van der Waals surface area contributed by atoms with E-state index in [1.807, 2.05) is 0 Å². The first-order valence-corrected chi connectivity index (χ1v) is 3.95. The van der Waals surface area contributed by atoms with Crippen molar-refractivity contribution in [3.63, 3.8) is 0 Å². The van der Waals surface area contributed by atoms with E-state index in [1.54, 1.807) is 0 Å². The van der Waals surface area contributed by atoms with E-state index in [0.29, 0.717) is 0 Å². The van der Waals surface area contributed by atoms with Gasteiger partial charge in [-0.25, -0.2) is 8.78 Å². The van der Waals surface area contributed by atoms with Crippen LogP contribution in [0.15, 0.2) is 24.3 Å². The summed E-state index contributed by atoms with van der Waals surface area (Å²) in [5, 5.41) is 9.99. The van der Waals surface area contributed by atoms with Crippen LogP contribution in [0.2, 0.25) is 0 Å². The smallest absolute Gasteiger partial charge is 0.255 e. The first-order chi connectivity index (χ1) is 8.14. The first kappa shape index (κ1) is 7.76. The number of nitrogens with two attached hydrogens (primary N) is 1. The topological polar surface area (TPSA) is 63.3 Å². The fraction of sp³-hybridized carbons (Fsp3) is 0.300. The van der Waals surface area contributed by atoms with Gasteiger partial charge in [-0.2, -0.15) is 0 Å². The van der Waals surface area contributed by atoms with E-state index < -0.39 is 35.9 Å². The van der Waals surface area contributed by atoms with Gasteiger partial charge in [0.05, 0.1) is 1.37 Å². The third-order valence-electron chi connectivity index (χ3n) is 1.84.